The van der Waals surface area contributed by atoms with Gasteiger partial charge in [-0.3, -0.25) is 4.79 Å². The summed E-state index contributed by atoms with van der Waals surface area (Å²) >= 11 is 0. The summed E-state index contributed by atoms with van der Waals surface area (Å²) in [4.78, 5) is 14.1. The molecule has 2 N–H and O–H groups in total. The Morgan fingerprint density at radius 1 is 1.30 bits per heavy atom. The van der Waals surface area contributed by atoms with Gasteiger partial charge in [-0.2, -0.15) is 0 Å². The van der Waals surface area contributed by atoms with E-state index in [1.807, 2.05) is 24.3 Å². The van der Waals surface area contributed by atoms with Gasteiger partial charge in [-0.05, 0) is 31.5 Å². The molecule has 20 heavy (non-hydrogen) atoms. The molecule has 0 atom stereocenters. The van der Waals surface area contributed by atoms with Crippen molar-refractivity contribution in [1.29, 1.82) is 0 Å². The number of anilines is 1. The zero-order chi connectivity index (χ0) is 14.8. The summed E-state index contributed by atoms with van der Waals surface area (Å²) in [6, 6.07) is 7.52. The second-order valence-electron chi connectivity index (χ2n) is 4.49. The van der Waals surface area contributed by atoms with Crippen molar-refractivity contribution in [3.05, 3.63) is 24.3 Å². The average molecular weight is 280 g/mol. The van der Waals surface area contributed by atoms with Crippen LogP contribution in [0, 0.1) is 0 Å². The predicted octanol–water partition coefficient (Wildman–Crippen LogP) is 1.80. The third kappa shape index (κ3) is 5.19. The van der Waals surface area contributed by atoms with E-state index in [-0.39, 0.29) is 5.91 Å². The molecule has 1 aromatic carbocycles. The molecular formula is C15H24N2O3. The molecule has 0 aliphatic rings. The third-order valence-corrected chi connectivity index (χ3v) is 2.99. The molecule has 0 saturated carbocycles. The van der Waals surface area contributed by atoms with Crippen LogP contribution in [-0.2, 0) is 9.53 Å². The van der Waals surface area contributed by atoms with E-state index in [9.17, 15) is 4.79 Å². The van der Waals surface area contributed by atoms with E-state index in [0.29, 0.717) is 26.1 Å². The minimum absolute atomic E-state index is 0.0868. The highest BCUT2D eigenvalue weighted by Crippen LogP contribution is 2.22. The second kappa shape index (κ2) is 9.34. The van der Waals surface area contributed by atoms with Crippen molar-refractivity contribution in [2.75, 3.05) is 38.8 Å². The summed E-state index contributed by atoms with van der Waals surface area (Å²) in [7, 11) is 3.25. The maximum Gasteiger partial charge on any atom is 0.227 e. The van der Waals surface area contributed by atoms with Gasteiger partial charge >= 0.3 is 0 Å². The molecule has 0 spiro atoms. The Morgan fingerprint density at radius 2 is 2.10 bits per heavy atom. The van der Waals surface area contributed by atoms with E-state index in [4.69, 9.17) is 15.2 Å². The highest BCUT2D eigenvalue weighted by atomic mass is 16.5. The lowest BCUT2D eigenvalue weighted by atomic mass is 10.2. The molecule has 1 amide bonds. The molecule has 0 bridgehead atoms. The molecule has 0 unspecified atom stereocenters. The van der Waals surface area contributed by atoms with E-state index >= 15 is 0 Å². The maximum atomic E-state index is 12.3. The lowest BCUT2D eigenvalue weighted by Gasteiger charge is -2.23. The Bertz CT molecular complexity index is 410. The van der Waals surface area contributed by atoms with Crippen molar-refractivity contribution in [3.63, 3.8) is 0 Å². The van der Waals surface area contributed by atoms with Gasteiger partial charge in [0.05, 0.1) is 7.11 Å². The van der Waals surface area contributed by atoms with Crippen LogP contribution in [0.1, 0.15) is 19.3 Å². The van der Waals surface area contributed by atoms with Crippen LogP contribution >= 0.6 is 0 Å². The summed E-state index contributed by atoms with van der Waals surface area (Å²) in [5.74, 6) is 0.827. The highest BCUT2D eigenvalue weighted by molar-refractivity contribution is 5.93. The average Bonchev–Trinajstić information content (AvgIpc) is 2.48. The highest BCUT2D eigenvalue weighted by Gasteiger charge is 2.15. The smallest absolute Gasteiger partial charge is 0.227 e. The summed E-state index contributed by atoms with van der Waals surface area (Å²) in [6.45, 7) is 1.77. The van der Waals surface area contributed by atoms with Crippen molar-refractivity contribution >= 4 is 11.6 Å². The fourth-order valence-electron chi connectivity index (χ4n) is 1.93. The summed E-state index contributed by atoms with van der Waals surface area (Å²) in [5.41, 5.74) is 6.40. The molecule has 112 valence electrons. The molecule has 0 aliphatic carbocycles. The van der Waals surface area contributed by atoms with Crippen molar-refractivity contribution in [2.45, 2.75) is 19.3 Å². The van der Waals surface area contributed by atoms with Crippen molar-refractivity contribution in [3.8, 4) is 5.75 Å². The number of methoxy groups -OCH3 is 2. The van der Waals surface area contributed by atoms with Crippen LogP contribution < -0.4 is 15.4 Å². The number of benzene rings is 1. The van der Waals surface area contributed by atoms with E-state index < -0.39 is 0 Å². The summed E-state index contributed by atoms with van der Waals surface area (Å²) < 4.78 is 10.2. The van der Waals surface area contributed by atoms with Gasteiger partial charge in [-0.15, -0.1) is 0 Å². The lowest BCUT2D eigenvalue weighted by molar-refractivity contribution is -0.118. The SMILES string of the molecule is COCCCC(=O)N(CCCN)c1cccc(OC)c1. The quantitative estimate of drug-likeness (QED) is 0.701. The van der Waals surface area contributed by atoms with Crippen LogP contribution in [0.15, 0.2) is 24.3 Å². The van der Waals surface area contributed by atoms with Crippen LogP contribution in [0.4, 0.5) is 5.69 Å². The van der Waals surface area contributed by atoms with E-state index in [0.717, 1.165) is 24.3 Å². The van der Waals surface area contributed by atoms with Gasteiger partial charge in [0.1, 0.15) is 5.75 Å². The third-order valence-electron chi connectivity index (χ3n) is 2.99. The molecule has 0 saturated heterocycles. The lowest BCUT2D eigenvalue weighted by Crippen LogP contribution is -2.33. The van der Waals surface area contributed by atoms with Crippen LogP contribution in [0.25, 0.3) is 0 Å². The van der Waals surface area contributed by atoms with E-state index in [2.05, 4.69) is 0 Å². The first kappa shape index (κ1) is 16.5. The number of amides is 1. The second-order valence-corrected chi connectivity index (χ2v) is 4.49. The normalized spacial score (nSPS) is 10.3. The summed E-state index contributed by atoms with van der Waals surface area (Å²) in [5, 5.41) is 0. The largest absolute Gasteiger partial charge is 0.497 e. The molecule has 0 fully saturated rings. The monoisotopic (exact) mass is 280 g/mol. The maximum absolute atomic E-state index is 12.3. The molecular weight excluding hydrogens is 256 g/mol. The van der Waals surface area contributed by atoms with E-state index in [1.165, 1.54) is 0 Å². The zero-order valence-corrected chi connectivity index (χ0v) is 12.3. The molecule has 5 heteroatoms. The van der Waals surface area contributed by atoms with Crippen LogP contribution in [0.2, 0.25) is 0 Å². The van der Waals surface area contributed by atoms with Gasteiger partial charge < -0.3 is 20.1 Å². The minimum atomic E-state index is 0.0868. The first-order valence-corrected chi connectivity index (χ1v) is 6.86. The number of ether oxygens (including phenoxy) is 2. The molecule has 5 nitrogen and oxygen atoms in total. The number of carbonyl (C=O) groups excluding carboxylic acids is 1. The van der Waals surface area contributed by atoms with Gasteiger partial charge in [-0.25, -0.2) is 0 Å². The molecule has 0 heterocycles. The van der Waals surface area contributed by atoms with Gasteiger partial charge in [0.25, 0.3) is 0 Å². The Hall–Kier alpha value is -1.59. The molecule has 0 aliphatic heterocycles. The number of hydrogen-bond donors (Lipinski definition) is 1. The number of rotatable bonds is 9. The van der Waals surface area contributed by atoms with E-state index in [1.54, 1.807) is 19.1 Å². The van der Waals surface area contributed by atoms with Crippen LogP contribution in [-0.4, -0.2) is 39.8 Å². The molecule has 0 radical (unpaired) electrons. The van der Waals surface area contributed by atoms with Crippen LogP contribution in [0.3, 0.4) is 0 Å². The standard InChI is InChI=1S/C15H24N2O3/c1-19-11-4-8-15(18)17(10-5-9-16)13-6-3-7-14(12-13)20-2/h3,6-7,12H,4-5,8-11,16H2,1-2H3. The Morgan fingerprint density at radius 3 is 2.75 bits per heavy atom. The van der Waals surface area contributed by atoms with Gasteiger partial charge in [0.2, 0.25) is 5.91 Å². The minimum Gasteiger partial charge on any atom is -0.497 e. The predicted molar refractivity (Wildman–Crippen MR) is 80.1 cm³/mol. The molecule has 1 aromatic rings. The van der Waals surface area contributed by atoms with Gasteiger partial charge in [0.15, 0.2) is 0 Å². The zero-order valence-electron chi connectivity index (χ0n) is 12.3. The fourth-order valence-corrected chi connectivity index (χ4v) is 1.93. The Balaban J connectivity index is 2.78. The van der Waals surface area contributed by atoms with Gasteiger partial charge in [0, 0.05) is 38.4 Å². The van der Waals surface area contributed by atoms with Crippen molar-refractivity contribution < 1.29 is 14.3 Å². The number of nitrogens with zero attached hydrogens (tertiary/aromatic N) is 1. The Kier molecular flexibility index (Phi) is 7.69. The molecule has 0 aromatic heterocycles. The van der Waals surface area contributed by atoms with Crippen LogP contribution in [0.5, 0.6) is 5.75 Å². The number of nitrogens with two attached hydrogens (primary N) is 1. The topological polar surface area (TPSA) is 64.8 Å². The number of hydrogen-bond acceptors (Lipinski definition) is 4. The first-order chi connectivity index (χ1) is 9.72. The summed E-state index contributed by atoms with van der Waals surface area (Å²) in [6.07, 6.45) is 1.96. The van der Waals surface area contributed by atoms with Crippen molar-refractivity contribution in [2.24, 2.45) is 5.73 Å². The van der Waals surface area contributed by atoms with Crippen molar-refractivity contribution in [1.82, 2.24) is 0 Å². The fraction of sp³-hybridized carbons (Fsp3) is 0.533. The molecule has 1 rings (SSSR count). The number of carbonyl (C=O) groups is 1. The Labute approximate surface area is 120 Å². The van der Waals surface area contributed by atoms with Gasteiger partial charge in [-0.1, -0.05) is 6.07 Å². The first-order valence-electron chi connectivity index (χ1n) is 6.86.